The summed E-state index contributed by atoms with van der Waals surface area (Å²) in [4.78, 5) is 2.65. The molecule has 0 amide bonds. The maximum absolute atomic E-state index is 5.30. The molecule has 3 nitrogen and oxygen atoms in total. The molecule has 1 saturated carbocycles. The van der Waals surface area contributed by atoms with Gasteiger partial charge in [0.1, 0.15) is 5.75 Å². The van der Waals surface area contributed by atoms with E-state index in [1.807, 2.05) is 6.07 Å². The van der Waals surface area contributed by atoms with E-state index in [2.05, 4.69) is 35.3 Å². The van der Waals surface area contributed by atoms with Crippen LogP contribution in [0, 0.1) is 0 Å². The first-order valence-corrected chi connectivity index (χ1v) is 7.40. The van der Waals surface area contributed by atoms with Crippen molar-refractivity contribution in [1.29, 1.82) is 0 Å². The third kappa shape index (κ3) is 3.10. The highest BCUT2D eigenvalue weighted by Gasteiger charge is 2.34. The molecule has 0 bridgehead atoms. The lowest BCUT2D eigenvalue weighted by atomic mass is 10.1. The second kappa shape index (κ2) is 5.51. The minimum Gasteiger partial charge on any atom is -0.497 e. The van der Waals surface area contributed by atoms with Crippen molar-refractivity contribution in [2.45, 2.75) is 44.3 Å². The number of likely N-dealkylation sites (tertiary alicyclic amines) is 1. The topological polar surface area (TPSA) is 24.5 Å². The van der Waals surface area contributed by atoms with Crippen LogP contribution in [0.1, 0.15) is 37.8 Å². The van der Waals surface area contributed by atoms with Gasteiger partial charge in [-0.05, 0) is 43.9 Å². The molecule has 3 heteroatoms. The molecule has 19 heavy (non-hydrogen) atoms. The van der Waals surface area contributed by atoms with Gasteiger partial charge < -0.3 is 10.1 Å². The molecule has 1 aromatic carbocycles. The van der Waals surface area contributed by atoms with Gasteiger partial charge in [0.15, 0.2) is 0 Å². The molecule has 2 atom stereocenters. The number of nitrogens with one attached hydrogen (secondary N) is 1. The second-order valence-corrected chi connectivity index (χ2v) is 5.88. The van der Waals surface area contributed by atoms with Crippen molar-refractivity contribution in [3.05, 3.63) is 29.8 Å². The lowest BCUT2D eigenvalue weighted by Crippen LogP contribution is -2.34. The first-order chi connectivity index (χ1) is 9.26. The third-order valence-corrected chi connectivity index (χ3v) is 4.36. The van der Waals surface area contributed by atoms with E-state index in [1.165, 1.54) is 37.9 Å². The van der Waals surface area contributed by atoms with Crippen LogP contribution in [0.3, 0.4) is 0 Å². The van der Waals surface area contributed by atoms with Crippen molar-refractivity contribution in [3.8, 4) is 5.75 Å². The molecule has 1 heterocycles. The van der Waals surface area contributed by atoms with Gasteiger partial charge in [0.25, 0.3) is 0 Å². The van der Waals surface area contributed by atoms with Crippen molar-refractivity contribution in [1.82, 2.24) is 10.2 Å². The van der Waals surface area contributed by atoms with E-state index >= 15 is 0 Å². The van der Waals surface area contributed by atoms with Crippen LogP contribution in [0.2, 0.25) is 0 Å². The lowest BCUT2D eigenvalue weighted by molar-refractivity contribution is 0.313. The van der Waals surface area contributed by atoms with Gasteiger partial charge in [-0.15, -0.1) is 0 Å². The molecule has 3 rings (SSSR count). The molecule has 1 N–H and O–H groups in total. The molecular formula is C16H24N2O. The SMILES string of the molecule is COc1cccc([C@@H](C)NC2CCN(C3CC3)C2)c1. The fraction of sp³-hybridized carbons (Fsp3) is 0.625. The van der Waals surface area contributed by atoms with E-state index in [-0.39, 0.29) is 0 Å². The van der Waals surface area contributed by atoms with Crippen LogP contribution in [0.5, 0.6) is 5.75 Å². The Morgan fingerprint density at radius 1 is 1.32 bits per heavy atom. The largest absolute Gasteiger partial charge is 0.497 e. The van der Waals surface area contributed by atoms with E-state index in [0.717, 1.165) is 11.8 Å². The second-order valence-electron chi connectivity index (χ2n) is 5.88. The number of ether oxygens (including phenoxy) is 1. The summed E-state index contributed by atoms with van der Waals surface area (Å²) in [6.07, 6.45) is 4.11. The van der Waals surface area contributed by atoms with E-state index in [1.54, 1.807) is 7.11 Å². The summed E-state index contributed by atoms with van der Waals surface area (Å²) in [5.74, 6) is 0.942. The Morgan fingerprint density at radius 3 is 2.89 bits per heavy atom. The minimum absolute atomic E-state index is 0.388. The minimum atomic E-state index is 0.388. The van der Waals surface area contributed by atoms with Gasteiger partial charge in [-0.2, -0.15) is 0 Å². The maximum Gasteiger partial charge on any atom is 0.119 e. The first kappa shape index (κ1) is 12.9. The van der Waals surface area contributed by atoms with Gasteiger partial charge in [0, 0.05) is 31.2 Å². The maximum atomic E-state index is 5.30. The number of nitrogens with zero attached hydrogens (tertiary/aromatic N) is 1. The van der Waals surface area contributed by atoms with Crippen LogP contribution in [-0.2, 0) is 0 Å². The average Bonchev–Trinajstić information content (AvgIpc) is 3.19. The molecule has 2 aliphatic rings. The summed E-state index contributed by atoms with van der Waals surface area (Å²) in [6, 6.07) is 10.3. The standard InChI is InChI=1S/C16H24N2O/c1-12(13-4-3-5-16(10-13)19-2)17-14-8-9-18(11-14)15-6-7-15/h3-5,10,12,14-15,17H,6-9,11H2,1-2H3/t12-,14?/m1/s1. The number of hydrogen-bond acceptors (Lipinski definition) is 3. The Labute approximate surface area is 115 Å². The smallest absolute Gasteiger partial charge is 0.119 e. The van der Waals surface area contributed by atoms with E-state index in [0.29, 0.717) is 12.1 Å². The van der Waals surface area contributed by atoms with Gasteiger partial charge in [-0.1, -0.05) is 12.1 Å². The molecule has 1 aliphatic carbocycles. The summed E-state index contributed by atoms with van der Waals surface area (Å²) in [5.41, 5.74) is 1.31. The Kier molecular flexibility index (Phi) is 3.76. The van der Waals surface area contributed by atoms with E-state index < -0.39 is 0 Å². The van der Waals surface area contributed by atoms with Crippen molar-refractivity contribution >= 4 is 0 Å². The van der Waals surface area contributed by atoms with Gasteiger partial charge in [-0.25, -0.2) is 0 Å². The molecule has 1 aromatic rings. The van der Waals surface area contributed by atoms with Gasteiger partial charge >= 0.3 is 0 Å². The van der Waals surface area contributed by atoms with Gasteiger partial charge in [0.2, 0.25) is 0 Å². The number of methoxy groups -OCH3 is 1. The normalized spacial score (nSPS) is 25.5. The molecule has 2 fully saturated rings. The van der Waals surface area contributed by atoms with Crippen molar-refractivity contribution in [2.24, 2.45) is 0 Å². The third-order valence-electron chi connectivity index (χ3n) is 4.36. The molecular weight excluding hydrogens is 236 g/mol. The molecule has 0 aromatic heterocycles. The Balaban J connectivity index is 1.56. The Bertz CT molecular complexity index is 431. The van der Waals surface area contributed by atoms with Gasteiger partial charge in [0.05, 0.1) is 7.11 Å². The summed E-state index contributed by atoms with van der Waals surface area (Å²) >= 11 is 0. The number of hydrogen-bond donors (Lipinski definition) is 1. The molecule has 1 saturated heterocycles. The Morgan fingerprint density at radius 2 is 2.16 bits per heavy atom. The first-order valence-electron chi connectivity index (χ1n) is 7.40. The quantitative estimate of drug-likeness (QED) is 0.880. The fourth-order valence-corrected chi connectivity index (χ4v) is 3.06. The zero-order valence-corrected chi connectivity index (χ0v) is 11.9. The number of rotatable bonds is 5. The fourth-order valence-electron chi connectivity index (χ4n) is 3.06. The lowest BCUT2D eigenvalue weighted by Gasteiger charge is -2.21. The van der Waals surface area contributed by atoms with Crippen molar-refractivity contribution in [3.63, 3.8) is 0 Å². The van der Waals surface area contributed by atoms with Crippen LogP contribution in [0.4, 0.5) is 0 Å². The molecule has 0 spiro atoms. The monoisotopic (exact) mass is 260 g/mol. The molecule has 0 radical (unpaired) electrons. The Hall–Kier alpha value is -1.06. The van der Waals surface area contributed by atoms with Gasteiger partial charge in [-0.3, -0.25) is 4.90 Å². The summed E-state index contributed by atoms with van der Waals surface area (Å²) in [6.45, 7) is 4.74. The molecule has 104 valence electrons. The molecule has 1 aliphatic heterocycles. The van der Waals surface area contributed by atoms with Crippen LogP contribution < -0.4 is 10.1 Å². The predicted molar refractivity (Wildman–Crippen MR) is 77.5 cm³/mol. The number of benzene rings is 1. The predicted octanol–water partition coefficient (Wildman–Crippen LogP) is 2.58. The van der Waals surface area contributed by atoms with Crippen molar-refractivity contribution < 1.29 is 4.74 Å². The summed E-state index contributed by atoms with van der Waals surface area (Å²) in [7, 11) is 1.72. The highest BCUT2D eigenvalue weighted by Crippen LogP contribution is 2.30. The van der Waals surface area contributed by atoms with E-state index in [4.69, 9.17) is 4.74 Å². The highest BCUT2D eigenvalue weighted by molar-refractivity contribution is 5.30. The van der Waals surface area contributed by atoms with Crippen LogP contribution in [0.25, 0.3) is 0 Å². The molecule has 1 unspecified atom stereocenters. The van der Waals surface area contributed by atoms with Crippen LogP contribution in [0.15, 0.2) is 24.3 Å². The average molecular weight is 260 g/mol. The summed E-state index contributed by atoms with van der Waals surface area (Å²) in [5, 5.41) is 3.76. The zero-order chi connectivity index (χ0) is 13.2. The van der Waals surface area contributed by atoms with Crippen LogP contribution in [-0.4, -0.2) is 37.2 Å². The van der Waals surface area contributed by atoms with Crippen LogP contribution >= 0.6 is 0 Å². The van der Waals surface area contributed by atoms with E-state index in [9.17, 15) is 0 Å². The highest BCUT2D eigenvalue weighted by atomic mass is 16.5. The summed E-state index contributed by atoms with van der Waals surface area (Å²) < 4.78 is 5.30. The zero-order valence-electron chi connectivity index (χ0n) is 11.9. The van der Waals surface area contributed by atoms with Crippen molar-refractivity contribution in [2.75, 3.05) is 20.2 Å².